The summed E-state index contributed by atoms with van der Waals surface area (Å²) in [4.78, 5) is 26.6. The Morgan fingerprint density at radius 1 is 1.31 bits per heavy atom. The van der Waals surface area contributed by atoms with Crippen LogP contribution in [-0.4, -0.2) is 21.0 Å². The lowest BCUT2D eigenvalue weighted by Crippen LogP contribution is -2.04. The van der Waals surface area contributed by atoms with Gasteiger partial charge in [-0.1, -0.05) is 6.07 Å². The quantitative estimate of drug-likeness (QED) is 0.580. The van der Waals surface area contributed by atoms with E-state index in [1.165, 1.54) is 6.92 Å². The summed E-state index contributed by atoms with van der Waals surface area (Å²) in [6, 6.07) is 3.78. The molecule has 4 heteroatoms. The number of hydrogen-bond acceptors (Lipinski definition) is 3. The van der Waals surface area contributed by atoms with E-state index in [9.17, 15) is 9.59 Å². The molecule has 2 rings (SSSR count). The van der Waals surface area contributed by atoms with Gasteiger partial charge in [0.05, 0.1) is 6.42 Å². The number of aryl methyl sites for hydroxylation is 1. The van der Waals surface area contributed by atoms with E-state index in [0.717, 1.165) is 11.2 Å². The highest BCUT2D eigenvalue weighted by molar-refractivity contribution is 6.06. The number of nitrogens with zero attached hydrogens (tertiary/aromatic N) is 2. The number of imidazole rings is 1. The van der Waals surface area contributed by atoms with Crippen molar-refractivity contribution in [3.8, 4) is 0 Å². The minimum Gasteiger partial charge on any atom is -0.306 e. The second-order valence-corrected chi connectivity index (χ2v) is 3.90. The molecule has 0 unspecified atom stereocenters. The fraction of sp³-hybridized carbons (Fsp3) is 0.250. The van der Waals surface area contributed by atoms with Crippen LogP contribution in [0.2, 0.25) is 0 Å². The SMILES string of the molecule is CC(=O)CC(=O)c1cn2cc(C)ccc2n1. The lowest BCUT2D eigenvalue weighted by molar-refractivity contribution is -0.116. The molecule has 0 aromatic carbocycles. The molecular formula is C12H12N2O2. The number of carbonyl (C=O) groups excluding carboxylic acids is 2. The van der Waals surface area contributed by atoms with Crippen molar-refractivity contribution >= 4 is 17.2 Å². The standard InChI is InChI=1S/C12H12N2O2/c1-8-3-4-12-13-10(7-14(12)6-8)11(16)5-9(2)15/h3-4,6-7H,5H2,1-2H3. The van der Waals surface area contributed by atoms with Crippen molar-refractivity contribution in [3.63, 3.8) is 0 Å². The predicted octanol–water partition coefficient (Wildman–Crippen LogP) is 1.80. The van der Waals surface area contributed by atoms with Crippen molar-refractivity contribution in [2.45, 2.75) is 20.3 Å². The van der Waals surface area contributed by atoms with Crippen molar-refractivity contribution in [2.75, 3.05) is 0 Å². The number of carbonyl (C=O) groups is 2. The second kappa shape index (κ2) is 3.89. The smallest absolute Gasteiger partial charge is 0.190 e. The molecule has 82 valence electrons. The Bertz CT molecular complexity index is 569. The number of hydrogen-bond donors (Lipinski definition) is 0. The molecule has 0 aliphatic heterocycles. The van der Waals surface area contributed by atoms with Crippen LogP contribution in [0.15, 0.2) is 24.5 Å². The first-order chi connectivity index (χ1) is 7.56. The minimum absolute atomic E-state index is 0.0805. The maximum absolute atomic E-state index is 11.6. The van der Waals surface area contributed by atoms with Crippen LogP contribution < -0.4 is 0 Å². The summed E-state index contributed by atoms with van der Waals surface area (Å²) in [6.07, 6.45) is 3.48. The molecule has 0 saturated carbocycles. The molecule has 0 radical (unpaired) electrons. The maximum atomic E-state index is 11.6. The van der Waals surface area contributed by atoms with E-state index >= 15 is 0 Å². The Kier molecular flexibility index (Phi) is 2.56. The highest BCUT2D eigenvalue weighted by atomic mass is 16.1. The normalized spacial score (nSPS) is 10.6. The lowest BCUT2D eigenvalue weighted by Gasteiger charge is -1.93. The second-order valence-electron chi connectivity index (χ2n) is 3.90. The molecule has 0 spiro atoms. The van der Waals surface area contributed by atoms with Gasteiger partial charge in [0.2, 0.25) is 0 Å². The molecule has 2 heterocycles. The Balaban J connectivity index is 2.39. The van der Waals surface area contributed by atoms with Crippen LogP contribution in [0.3, 0.4) is 0 Å². The molecule has 0 N–H and O–H groups in total. The zero-order valence-corrected chi connectivity index (χ0v) is 9.23. The van der Waals surface area contributed by atoms with Gasteiger partial charge in [-0.2, -0.15) is 0 Å². The molecule has 0 fully saturated rings. The minimum atomic E-state index is -0.228. The van der Waals surface area contributed by atoms with Crippen LogP contribution >= 0.6 is 0 Å². The zero-order valence-electron chi connectivity index (χ0n) is 9.23. The molecule has 0 atom stereocenters. The molecule has 16 heavy (non-hydrogen) atoms. The van der Waals surface area contributed by atoms with Gasteiger partial charge in [0.25, 0.3) is 0 Å². The average Bonchev–Trinajstić information content (AvgIpc) is 2.59. The third kappa shape index (κ3) is 2.00. The molecule has 0 bridgehead atoms. The highest BCUT2D eigenvalue weighted by Gasteiger charge is 2.12. The lowest BCUT2D eigenvalue weighted by atomic mass is 10.2. The van der Waals surface area contributed by atoms with Gasteiger partial charge in [-0.05, 0) is 25.5 Å². The first-order valence-corrected chi connectivity index (χ1v) is 5.04. The van der Waals surface area contributed by atoms with Crippen LogP contribution in [0.4, 0.5) is 0 Å². The monoisotopic (exact) mass is 216 g/mol. The van der Waals surface area contributed by atoms with Gasteiger partial charge in [0.15, 0.2) is 5.78 Å². The van der Waals surface area contributed by atoms with Gasteiger partial charge in [-0.15, -0.1) is 0 Å². The average molecular weight is 216 g/mol. The summed E-state index contributed by atoms with van der Waals surface area (Å²) >= 11 is 0. The van der Waals surface area contributed by atoms with E-state index in [4.69, 9.17) is 0 Å². The fourth-order valence-corrected chi connectivity index (χ4v) is 1.55. The van der Waals surface area contributed by atoms with E-state index < -0.39 is 0 Å². The third-order valence-corrected chi connectivity index (χ3v) is 2.29. The Morgan fingerprint density at radius 2 is 2.06 bits per heavy atom. The van der Waals surface area contributed by atoms with E-state index in [0.29, 0.717) is 5.69 Å². The third-order valence-electron chi connectivity index (χ3n) is 2.29. The summed E-state index contributed by atoms with van der Waals surface area (Å²) in [7, 11) is 0. The van der Waals surface area contributed by atoms with E-state index in [1.54, 1.807) is 10.6 Å². The molecule has 2 aromatic rings. The summed E-state index contributed by atoms with van der Waals surface area (Å²) < 4.78 is 1.79. The first-order valence-electron chi connectivity index (χ1n) is 5.04. The summed E-state index contributed by atoms with van der Waals surface area (Å²) in [6.45, 7) is 3.37. The van der Waals surface area contributed by atoms with E-state index in [-0.39, 0.29) is 18.0 Å². The number of rotatable bonds is 3. The van der Waals surface area contributed by atoms with Crippen molar-refractivity contribution in [2.24, 2.45) is 0 Å². The number of Topliss-reactive ketones (excluding diaryl/α,β-unsaturated/α-hetero) is 2. The summed E-state index contributed by atoms with van der Waals surface area (Å²) in [5.41, 5.74) is 2.16. The van der Waals surface area contributed by atoms with Gasteiger partial charge >= 0.3 is 0 Å². The Morgan fingerprint density at radius 3 is 2.75 bits per heavy atom. The summed E-state index contributed by atoms with van der Waals surface area (Å²) in [5.74, 6) is -0.368. The molecular weight excluding hydrogens is 204 g/mol. The first kappa shape index (κ1) is 10.5. The number of aromatic nitrogens is 2. The molecule has 2 aromatic heterocycles. The van der Waals surface area contributed by atoms with Crippen LogP contribution in [0, 0.1) is 6.92 Å². The maximum Gasteiger partial charge on any atom is 0.190 e. The van der Waals surface area contributed by atoms with Gasteiger partial charge < -0.3 is 4.40 Å². The summed E-state index contributed by atoms with van der Waals surface area (Å²) in [5, 5.41) is 0. The topological polar surface area (TPSA) is 51.4 Å². The largest absolute Gasteiger partial charge is 0.306 e. The van der Waals surface area contributed by atoms with Crippen LogP contribution in [0.1, 0.15) is 29.4 Å². The molecule has 0 saturated heterocycles. The van der Waals surface area contributed by atoms with Gasteiger partial charge in [0, 0.05) is 12.4 Å². The number of ketones is 2. The zero-order chi connectivity index (χ0) is 11.7. The van der Waals surface area contributed by atoms with Crippen molar-refractivity contribution in [3.05, 3.63) is 35.8 Å². The van der Waals surface area contributed by atoms with Crippen molar-refractivity contribution in [1.82, 2.24) is 9.38 Å². The fourth-order valence-electron chi connectivity index (χ4n) is 1.55. The van der Waals surface area contributed by atoms with Gasteiger partial charge in [-0.3, -0.25) is 9.59 Å². The van der Waals surface area contributed by atoms with Crippen molar-refractivity contribution in [1.29, 1.82) is 0 Å². The molecule has 4 nitrogen and oxygen atoms in total. The number of pyridine rings is 1. The van der Waals surface area contributed by atoms with Gasteiger partial charge in [0.1, 0.15) is 17.1 Å². The molecule has 0 aliphatic carbocycles. The highest BCUT2D eigenvalue weighted by Crippen LogP contribution is 2.09. The predicted molar refractivity (Wildman–Crippen MR) is 59.6 cm³/mol. The number of fused-ring (bicyclic) bond motifs is 1. The molecule has 0 aliphatic rings. The van der Waals surface area contributed by atoms with Gasteiger partial charge in [-0.25, -0.2) is 4.98 Å². The van der Waals surface area contributed by atoms with E-state index in [1.807, 2.05) is 25.3 Å². The van der Waals surface area contributed by atoms with Crippen LogP contribution in [0.5, 0.6) is 0 Å². The molecule has 0 amide bonds. The van der Waals surface area contributed by atoms with Crippen molar-refractivity contribution < 1.29 is 9.59 Å². The van der Waals surface area contributed by atoms with Crippen LogP contribution in [-0.2, 0) is 4.79 Å². The van der Waals surface area contributed by atoms with Crippen LogP contribution in [0.25, 0.3) is 5.65 Å². The van der Waals surface area contributed by atoms with E-state index in [2.05, 4.69) is 4.98 Å². The Hall–Kier alpha value is -1.97. The Labute approximate surface area is 92.9 Å².